The topological polar surface area (TPSA) is 51.8 Å². The number of aromatic nitrogens is 3. The van der Waals surface area contributed by atoms with Crippen molar-refractivity contribution >= 4 is 43.5 Å². The fourth-order valence-corrected chi connectivity index (χ4v) is 7.18. The molecule has 0 aliphatic rings. The molecule has 4 nitrogen and oxygen atoms in total. The smallest absolute Gasteiger partial charge is 0.164 e. The maximum Gasteiger partial charge on any atom is 0.164 e. The van der Waals surface area contributed by atoms with Crippen LogP contribution in [-0.2, 0) is 0 Å². The first-order valence-corrected chi connectivity index (χ1v) is 17.1. The van der Waals surface area contributed by atoms with Crippen molar-refractivity contribution < 1.29 is 4.42 Å². The van der Waals surface area contributed by atoms with Gasteiger partial charge in [0.2, 0.25) is 0 Å². The summed E-state index contributed by atoms with van der Waals surface area (Å²) < 4.78 is 6.40. The lowest BCUT2D eigenvalue weighted by Crippen LogP contribution is -2.01. The van der Waals surface area contributed by atoms with Crippen molar-refractivity contribution in [1.29, 1.82) is 0 Å². The largest absolute Gasteiger partial charge is 0.456 e. The van der Waals surface area contributed by atoms with Crippen LogP contribution in [0.4, 0.5) is 0 Å². The van der Waals surface area contributed by atoms with E-state index in [1.54, 1.807) is 0 Å². The summed E-state index contributed by atoms with van der Waals surface area (Å²) in [5.41, 5.74) is 9.05. The molecule has 0 atom stereocenters. The monoisotopic (exact) mass is 651 g/mol. The Kier molecular flexibility index (Phi) is 6.78. The van der Waals surface area contributed by atoms with Gasteiger partial charge in [0.05, 0.1) is 0 Å². The second kappa shape index (κ2) is 11.9. The van der Waals surface area contributed by atoms with E-state index in [0.29, 0.717) is 17.5 Å². The van der Waals surface area contributed by atoms with Crippen LogP contribution in [0.15, 0.2) is 180 Å². The molecular formula is C47H29N3O. The number of nitrogens with zero attached hydrogens (tertiary/aromatic N) is 3. The van der Waals surface area contributed by atoms with Crippen molar-refractivity contribution in [2.24, 2.45) is 0 Å². The number of hydrogen-bond donors (Lipinski definition) is 0. The molecule has 0 saturated heterocycles. The van der Waals surface area contributed by atoms with Gasteiger partial charge in [0.15, 0.2) is 17.5 Å². The van der Waals surface area contributed by atoms with E-state index >= 15 is 0 Å². The van der Waals surface area contributed by atoms with Crippen molar-refractivity contribution in [2.75, 3.05) is 0 Å². The van der Waals surface area contributed by atoms with Gasteiger partial charge in [-0.15, -0.1) is 0 Å². The van der Waals surface area contributed by atoms with Crippen LogP contribution < -0.4 is 0 Å². The maximum atomic E-state index is 6.40. The summed E-state index contributed by atoms with van der Waals surface area (Å²) in [5.74, 6) is 1.91. The van der Waals surface area contributed by atoms with Gasteiger partial charge >= 0.3 is 0 Å². The van der Waals surface area contributed by atoms with Crippen LogP contribution >= 0.6 is 0 Å². The number of rotatable bonds is 5. The molecule has 10 rings (SSSR count). The van der Waals surface area contributed by atoms with Gasteiger partial charge in [-0.25, -0.2) is 15.0 Å². The zero-order valence-corrected chi connectivity index (χ0v) is 27.5. The molecule has 51 heavy (non-hydrogen) atoms. The first-order valence-electron chi connectivity index (χ1n) is 17.1. The Hall–Kier alpha value is -6.91. The van der Waals surface area contributed by atoms with Crippen molar-refractivity contribution in [3.05, 3.63) is 176 Å². The van der Waals surface area contributed by atoms with Crippen LogP contribution in [0, 0.1) is 0 Å². The highest BCUT2D eigenvalue weighted by molar-refractivity contribution is 6.11. The highest BCUT2D eigenvalue weighted by atomic mass is 16.3. The predicted octanol–water partition coefficient (Wildman–Crippen LogP) is 12.4. The van der Waals surface area contributed by atoms with E-state index in [-0.39, 0.29) is 0 Å². The third-order valence-corrected chi connectivity index (χ3v) is 9.71. The molecule has 10 aromatic rings. The molecule has 0 amide bonds. The highest BCUT2D eigenvalue weighted by Crippen LogP contribution is 2.37. The van der Waals surface area contributed by atoms with Gasteiger partial charge in [0.25, 0.3) is 0 Å². The number of furan rings is 1. The molecule has 0 aliphatic heterocycles. The highest BCUT2D eigenvalue weighted by Gasteiger charge is 2.17. The number of hydrogen-bond acceptors (Lipinski definition) is 4. The van der Waals surface area contributed by atoms with E-state index in [0.717, 1.165) is 71.7 Å². The zero-order chi connectivity index (χ0) is 33.7. The summed E-state index contributed by atoms with van der Waals surface area (Å²) in [6, 6.07) is 61.0. The summed E-state index contributed by atoms with van der Waals surface area (Å²) >= 11 is 0. The third-order valence-electron chi connectivity index (χ3n) is 9.71. The molecule has 0 N–H and O–H groups in total. The predicted molar refractivity (Wildman–Crippen MR) is 209 cm³/mol. The molecule has 0 fully saturated rings. The van der Waals surface area contributed by atoms with Gasteiger partial charge in [0.1, 0.15) is 11.2 Å². The van der Waals surface area contributed by atoms with Gasteiger partial charge in [-0.2, -0.15) is 0 Å². The Balaban J connectivity index is 1.10. The summed E-state index contributed by atoms with van der Waals surface area (Å²) in [6.07, 6.45) is 0. The lowest BCUT2D eigenvalue weighted by atomic mass is 9.97. The lowest BCUT2D eigenvalue weighted by molar-refractivity contribution is 0.669. The van der Waals surface area contributed by atoms with Crippen molar-refractivity contribution in [3.63, 3.8) is 0 Å². The lowest BCUT2D eigenvalue weighted by Gasteiger charge is -2.13. The summed E-state index contributed by atoms with van der Waals surface area (Å²) in [7, 11) is 0. The van der Waals surface area contributed by atoms with Crippen molar-refractivity contribution in [1.82, 2.24) is 15.0 Å². The molecule has 2 aromatic heterocycles. The van der Waals surface area contributed by atoms with E-state index in [1.165, 1.54) is 10.8 Å². The second-order valence-corrected chi connectivity index (χ2v) is 12.8. The SMILES string of the molecule is c1ccc(-c2nc(-c3ccccc3-c3ccccc3)nc(-c3cccc4cc(-c5ccc6c(c5)oc5cc7ccccc7cc56)ccc34)n2)cc1. The molecule has 8 aromatic carbocycles. The normalized spacial score (nSPS) is 11.5. The Morgan fingerprint density at radius 2 is 0.843 bits per heavy atom. The minimum atomic E-state index is 0.635. The molecule has 0 aliphatic carbocycles. The van der Waals surface area contributed by atoms with Gasteiger partial charge in [-0.05, 0) is 74.1 Å². The van der Waals surface area contributed by atoms with Crippen molar-refractivity contribution in [2.45, 2.75) is 0 Å². The molecule has 4 heteroatoms. The fourth-order valence-electron chi connectivity index (χ4n) is 7.18. The third kappa shape index (κ3) is 5.13. The Labute approximate surface area is 294 Å². The molecule has 0 saturated carbocycles. The average Bonchev–Trinajstić information content (AvgIpc) is 3.56. The second-order valence-electron chi connectivity index (χ2n) is 12.8. The standard InChI is InChI=1S/C47H29N3O/c1-3-12-30(13-4-1)37-19-9-10-20-40(37)46-48-45(31-14-5-2-6-15-31)49-47(50-46)41-21-11-18-36-26-34(22-24-38(36)41)35-23-25-39-42-27-32-16-7-8-17-33(32)28-44(42)51-43(39)29-35/h1-29H. The fraction of sp³-hybridized carbons (Fsp3) is 0. The van der Waals surface area contributed by atoms with Crippen LogP contribution in [0.2, 0.25) is 0 Å². The zero-order valence-electron chi connectivity index (χ0n) is 27.5. The minimum absolute atomic E-state index is 0.635. The van der Waals surface area contributed by atoms with E-state index in [2.05, 4.69) is 133 Å². The van der Waals surface area contributed by atoms with Gasteiger partial charge in [0, 0.05) is 27.5 Å². The molecule has 0 bridgehead atoms. The first-order chi connectivity index (χ1) is 25.2. The number of benzene rings is 8. The summed E-state index contributed by atoms with van der Waals surface area (Å²) in [6.45, 7) is 0. The minimum Gasteiger partial charge on any atom is -0.456 e. The molecule has 0 spiro atoms. The van der Waals surface area contributed by atoms with E-state index < -0.39 is 0 Å². The molecule has 238 valence electrons. The summed E-state index contributed by atoms with van der Waals surface area (Å²) in [5, 5.41) is 6.83. The Morgan fingerprint density at radius 3 is 1.63 bits per heavy atom. The van der Waals surface area contributed by atoms with Gasteiger partial charge in [-0.3, -0.25) is 0 Å². The number of fused-ring (bicyclic) bond motifs is 5. The van der Waals surface area contributed by atoms with Crippen LogP contribution in [-0.4, -0.2) is 15.0 Å². The quantitative estimate of drug-likeness (QED) is 0.186. The average molecular weight is 652 g/mol. The van der Waals surface area contributed by atoms with E-state index in [4.69, 9.17) is 19.4 Å². The molecule has 0 radical (unpaired) electrons. The maximum absolute atomic E-state index is 6.40. The van der Waals surface area contributed by atoms with Crippen molar-refractivity contribution in [3.8, 4) is 56.4 Å². The molecule has 0 unspecified atom stereocenters. The van der Waals surface area contributed by atoms with Crippen LogP contribution in [0.1, 0.15) is 0 Å². The molecule has 2 heterocycles. The van der Waals surface area contributed by atoms with Gasteiger partial charge < -0.3 is 4.42 Å². The first kappa shape index (κ1) is 29.0. The van der Waals surface area contributed by atoms with E-state index in [1.807, 2.05) is 42.5 Å². The molecular weight excluding hydrogens is 623 g/mol. The Morgan fingerprint density at radius 1 is 0.294 bits per heavy atom. The van der Waals surface area contributed by atoms with E-state index in [9.17, 15) is 0 Å². The Bertz CT molecular complexity index is 2910. The van der Waals surface area contributed by atoms with Crippen LogP contribution in [0.5, 0.6) is 0 Å². The van der Waals surface area contributed by atoms with Crippen LogP contribution in [0.25, 0.3) is 99.9 Å². The summed E-state index contributed by atoms with van der Waals surface area (Å²) in [4.78, 5) is 15.3. The van der Waals surface area contributed by atoms with Gasteiger partial charge in [-0.1, -0.05) is 146 Å². The van der Waals surface area contributed by atoms with Crippen LogP contribution in [0.3, 0.4) is 0 Å².